The fraction of sp³-hybridized carbons (Fsp3) is 0.111. The van der Waals surface area contributed by atoms with E-state index in [2.05, 4.69) is 34.6 Å². The van der Waals surface area contributed by atoms with Crippen LogP contribution in [0, 0.1) is 22.0 Å². The molecule has 0 bridgehead atoms. The van der Waals surface area contributed by atoms with Gasteiger partial charge in [-0.1, -0.05) is 17.7 Å². The molecule has 0 aromatic heterocycles. The van der Waals surface area contributed by atoms with Crippen molar-refractivity contribution in [2.75, 3.05) is 0 Å². The quantitative estimate of drug-likeness (QED) is 0.546. The lowest BCUT2D eigenvalue weighted by atomic mass is 10.2. The smallest absolute Gasteiger partial charge is 0.0537 e. The highest BCUT2D eigenvalue weighted by molar-refractivity contribution is 14.1. The first kappa shape index (κ1) is 8.89. The van der Waals surface area contributed by atoms with Gasteiger partial charge in [-0.15, -0.1) is 12.3 Å². The Morgan fingerprint density at radius 2 is 2.45 bits per heavy atom. The molecule has 0 unspecified atom stereocenters. The number of rotatable bonds is 1. The molecular formula is C9H5ClI. The Kier molecular flexibility index (Phi) is 3.22. The molecule has 1 aromatic carbocycles. The molecular weight excluding hydrogens is 270 g/mol. The largest absolute Gasteiger partial charge is 0.120 e. The van der Waals surface area contributed by atoms with Gasteiger partial charge in [0.1, 0.15) is 0 Å². The summed E-state index contributed by atoms with van der Waals surface area (Å²) in [5.74, 6) is 2.56. The van der Waals surface area contributed by atoms with Crippen molar-refractivity contribution in [1.29, 1.82) is 0 Å². The molecule has 55 valence electrons. The molecule has 1 rings (SSSR count). The van der Waals surface area contributed by atoms with E-state index in [0.717, 1.165) is 9.13 Å². The Labute approximate surface area is 85.1 Å². The van der Waals surface area contributed by atoms with E-state index in [1.165, 1.54) is 0 Å². The van der Waals surface area contributed by atoms with Crippen molar-refractivity contribution in [1.82, 2.24) is 0 Å². The lowest BCUT2D eigenvalue weighted by Crippen LogP contribution is -1.87. The van der Waals surface area contributed by atoms with Crippen LogP contribution in [-0.4, -0.2) is 0 Å². The van der Waals surface area contributed by atoms with Crippen molar-refractivity contribution in [3.8, 4) is 12.3 Å². The van der Waals surface area contributed by atoms with Crippen LogP contribution >= 0.6 is 34.2 Å². The molecule has 2 heteroatoms. The molecule has 0 N–H and O–H groups in total. The fourth-order valence-corrected chi connectivity index (χ4v) is 1.78. The predicted octanol–water partition coefficient (Wildman–Crippen LogP) is 2.92. The minimum atomic E-state index is 0.578. The first-order chi connectivity index (χ1) is 5.25. The van der Waals surface area contributed by atoms with Gasteiger partial charge in [0.05, 0.1) is 5.02 Å². The van der Waals surface area contributed by atoms with Crippen molar-refractivity contribution in [3.63, 3.8) is 0 Å². The SMILES string of the molecule is C#CCc1c(Cl)[c]ccc1I. The summed E-state index contributed by atoms with van der Waals surface area (Å²) in [5, 5.41) is 0.634. The molecule has 0 saturated heterocycles. The van der Waals surface area contributed by atoms with Gasteiger partial charge in [-0.25, -0.2) is 0 Å². The molecule has 0 atom stereocenters. The highest BCUT2D eigenvalue weighted by Crippen LogP contribution is 2.20. The summed E-state index contributed by atoms with van der Waals surface area (Å²) in [5.41, 5.74) is 0.997. The summed E-state index contributed by atoms with van der Waals surface area (Å²) in [7, 11) is 0. The zero-order valence-corrected chi connectivity index (χ0v) is 8.61. The number of terminal acetylenes is 1. The average molecular weight is 275 g/mol. The van der Waals surface area contributed by atoms with Gasteiger partial charge in [-0.3, -0.25) is 0 Å². The van der Waals surface area contributed by atoms with Crippen LogP contribution in [0.25, 0.3) is 0 Å². The molecule has 1 aromatic rings. The van der Waals surface area contributed by atoms with Crippen LogP contribution in [0.2, 0.25) is 5.02 Å². The number of halogens is 2. The highest BCUT2D eigenvalue weighted by atomic mass is 127. The van der Waals surface area contributed by atoms with E-state index >= 15 is 0 Å². The van der Waals surface area contributed by atoms with E-state index < -0.39 is 0 Å². The van der Waals surface area contributed by atoms with Crippen LogP contribution in [0.5, 0.6) is 0 Å². The van der Waals surface area contributed by atoms with Crippen molar-refractivity contribution < 1.29 is 0 Å². The van der Waals surface area contributed by atoms with Crippen molar-refractivity contribution in [2.45, 2.75) is 6.42 Å². The van der Waals surface area contributed by atoms with Crippen LogP contribution in [0.4, 0.5) is 0 Å². The minimum absolute atomic E-state index is 0.578. The maximum atomic E-state index is 5.85. The highest BCUT2D eigenvalue weighted by Gasteiger charge is 2.01. The van der Waals surface area contributed by atoms with Crippen LogP contribution in [0.15, 0.2) is 12.1 Å². The van der Waals surface area contributed by atoms with E-state index in [9.17, 15) is 0 Å². The first-order valence-electron chi connectivity index (χ1n) is 3.03. The molecule has 1 radical (unpaired) electrons. The average Bonchev–Trinajstić information content (AvgIpc) is 1.97. The number of benzene rings is 1. The van der Waals surface area contributed by atoms with Gasteiger partial charge < -0.3 is 0 Å². The van der Waals surface area contributed by atoms with Gasteiger partial charge in [0.25, 0.3) is 0 Å². The molecule has 0 nitrogen and oxygen atoms in total. The monoisotopic (exact) mass is 275 g/mol. The Hall–Kier alpha value is -0.200. The molecule has 0 aliphatic heterocycles. The Morgan fingerprint density at radius 3 is 3.00 bits per heavy atom. The second-order valence-electron chi connectivity index (χ2n) is 2.00. The molecule has 0 fully saturated rings. The topological polar surface area (TPSA) is 0 Å². The van der Waals surface area contributed by atoms with Gasteiger partial charge in [-0.05, 0) is 34.2 Å². The van der Waals surface area contributed by atoms with Crippen molar-refractivity contribution in [3.05, 3.63) is 32.4 Å². The van der Waals surface area contributed by atoms with Crippen LogP contribution in [0.1, 0.15) is 5.56 Å². The summed E-state index contributed by atoms with van der Waals surface area (Å²) in [6.07, 6.45) is 5.75. The van der Waals surface area contributed by atoms with Crippen LogP contribution < -0.4 is 0 Å². The summed E-state index contributed by atoms with van der Waals surface area (Å²) in [6.45, 7) is 0. The summed E-state index contributed by atoms with van der Waals surface area (Å²) in [4.78, 5) is 0. The van der Waals surface area contributed by atoms with Gasteiger partial charge in [0.2, 0.25) is 0 Å². The van der Waals surface area contributed by atoms with E-state index in [1.54, 1.807) is 6.07 Å². The lowest BCUT2D eigenvalue weighted by Gasteiger charge is -2.00. The fourth-order valence-electron chi connectivity index (χ4n) is 0.745. The third kappa shape index (κ3) is 2.11. The normalized spacial score (nSPS) is 9.18. The predicted molar refractivity (Wildman–Crippen MR) is 55.5 cm³/mol. The zero-order valence-electron chi connectivity index (χ0n) is 5.70. The summed E-state index contributed by atoms with van der Waals surface area (Å²) >= 11 is 8.06. The molecule has 0 aliphatic carbocycles. The molecule has 0 heterocycles. The van der Waals surface area contributed by atoms with Gasteiger partial charge in [0, 0.05) is 16.1 Å². The van der Waals surface area contributed by atoms with E-state index in [1.807, 2.05) is 6.07 Å². The maximum absolute atomic E-state index is 5.85. The molecule has 0 amide bonds. The molecule has 0 aliphatic rings. The lowest BCUT2D eigenvalue weighted by molar-refractivity contribution is 1.29. The van der Waals surface area contributed by atoms with Crippen LogP contribution in [0.3, 0.4) is 0 Å². The van der Waals surface area contributed by atoms with E-state index in [0.29, 0.717) is 11.4 Å². The summed E-state index contributed by atoms with van der Waals surface area (Å²) in [6, 6.07) is 6.63. The molecule has 0 saturated carbocycles. The Balaban J connectivity index is 3.12. The van der Waals surface area contributed by atoms with Gasteiger partial charge >= 0.3 is 0 Å². The Morgan fingerprint density at radius 1 is 1.73 bits per heavy atom. The summed E-state index contributed by atoms with van der Waals surface area (Å²) < 4.78 is 1.10. The Bertz CT molecular complexity index is 279. The second kappa shape index (κ2) is 3.99. The van der Waals surface area contributed by atoms with Crippen LogP contribution in [-0.2, 0) is 6.42 Å². The third-order valence-corrected chi connectivity index (χ3v) is 2.62. The van der Waals surface area contributed by atoms with Gasteiger partial charge in [0.15, 0.2) is 0 Å². The molecule has 11 heavy (non-hydrogen) atoms. The maximum Gasteiger partial charge on any atom is 0.0537 e. The third-order valence-electron chi connectivity index (χ3n) is 1.27. The van der Waals surface area contributed by atoms with E-state index in [-0.39, 0.29) is 0 Å². The molecule has 0 spiro atoms. The minimum Gasteiger partial charge on any atom is -0.120 e. The second-order valence-corrected chi connectivity index (χ2v) is 3.54. The van der Waals surface area contributed by atoms with Gasteiger partial charge in [-0.2, -0.15) is 0 Å². The van der Waals surface area contributed by atoms with E-state index in [4.69, 9.17) is 18.0 Å². The first-order valence-corrected chi connectivity index (χ1v) is 4.49. The number of hydrogen-bond donors (Lipinski definition) is 0. The van der Waals surface area contributed by atoms with Crippen molar-refractivity contribution >= 4 is 34.2 Å². The van der Waals surface area contributed by atoms with Crippen molar-refractivity contribution in [2.24, 2.45) is 0 Å². The number of hydrogen-bond acceptors (Lipinski definition) is 0. The zero-order chi connectivity index (χ0) is 8.27. The standard InChI is InChI=1S/C9H5ClI/c1-2-4-7-8(10)5-3-6-9(7)11/h1,3,6H,4H2.